The van der Waals surface area contributed by atoms with Gasteiger partial charge >= 0.3 is 0 Å². The molecule has 180 valence electrons. The van der Waals surface area contributed by atoms with Crippen molar-refractivity contribution in [1.29, 1.82) is 0 Å². The molecule has 0 aromatic heterocycles. The summed E-state index contributed by atoms with van der Waals surface area (Å²) in [5, 5.41) is 3.09. The molecule has 2 aromatic carbocycles. The minimum Gasteiger partial charge on any atom is -0.341 e. The van der Waals surface area contributed by atoms with Crippen molar-refractivity contribution < 1.29 is 14.4 Å². The van der Waals surface area contributed by atoms with Crippen LogP contribution >= 0.6 is 0 Å². The maximum Gasteiger partial charge on any atom is 0.254 e. The van der Waals surface area contributed by atoms with Crippen molar-refractivity contribution in [1.82, 2.24) is 15.1 Å². The van der Waals surface area contributed by atoms with Gasteiger partial charge < -0.3 is 15.1 Å². The highest BCUT2D eigenvalue weighted by molar-refractivity contribution is 5.99. The van der Waals surface area contributed by atoms with Gasteiger partial charge in [0.25, 0.3) is 11.8 Å². The molecule has 1 N–H and O–H groups in total. The Morgan fingerprint density at radius 1 is 0.765 bits per heavy atom. The lowest BCUT2D eigenvalue weighted by atomic mass is 9.87. The molecule has 0 radical (unpaired) electrons. The van der Waals surface area contributed by atoms with Gasteiger partial charge in [0.15, 0.2) is 0 Å². The van der Waals surface area contributed by atoms with Crippen molar-refractivity contribution in [2.45, 2.75) is 52.0 Å². The highest BCUT2D eigenvalue weighted by Crippen LogP contribution is 2.25. The zero-order valence-corrected chi connectivity index (χ0v) is 20.3. The number of nitrogens with zero attached hydrogens (tertiary/aromatic N) is 2. The number of nitrogens with one attached hydrogen (secondary N) is 1. The molecule has 6 heteroatoms. The van der Waals surface area contributed by atoms with Crippen LogP contribution in [0.25, 0.3) is 0 Å². The molecular weight excluding hydrogens is 426 g/mol. The Balaban J connectivity index is 1.48. The average molecular weight is 462 g/mol. The predicted molar refractivity (Wildman–Crippen MR) is 133 cm³/mol. The summed E-state index contributed by atoms with van der Waals surface area (Å²) in [5.41, 5.74) is 3.20. The maximum absolute atomic E-state index is 13.6. The number of aryl methyl sites for hydroxylation is 2. The minimum absolute atomic E-state index is 0.00307. The smallest absolute Gasteiger partial charge is 0.254 e. The number of piperidine rings is 2. The number of hydrogen-bond acceptors (Lipinski definition) is 3. The zero-order valence-electron chi connectivity index (χ0n) is 20.3. The summed E-state index contributed by atoms with van der Waals surface area (Å²) < 4.78 is 0. The highest BCUT2D eigenvalue weighted by atomic mass is 16.2. The molecule has 2 aliphatic rings. The summed E-state index contributed by atoms with van der Waals surface area (Å²) in [6, 6.07) is 14.5. The molecule has 0 aliphatic carbocycles. The van der Waals surface area contributed by atoms with Gasteiger partial charge in [0.1, 0.15) is 6.04 Å². The molecule has 2 aliphatic heterocycles. The Morgan fingerprint density at radius 3 is 1.91 bits per heavy atom. The molecule has 0 bridgehead atoms. The van der Waals surface area contributed by atoms with Crippen molar-refractivity contribution in [3.8, 4) is 0 Å². The van der Waals surface area contributed by atoms with Crippen LogP contribution in [-0.4, -0.2) is 59.7 Å². The van der Waals surface area contributed by atoms with Gasteiger partial charge in [-0.05, 0) is 75.1 Å². The van der Waals surface area contributed by atoms with E-state index in [2.05, 4.69) is 5.32 Å². The topological polar surface area (TPSA) is 69.7 Å². The van der Waals surface area contributed by atoms with Crippen molar-refractivity contribution in [3.05, 3.63) is 70.8 Å². The van der Waals surface area contributed by atoms with Crippen molar-refractivity contribution in [2.75, 3.05) is 26.2 Å². The third kappa shape index (κ3) is 5.32. The van der Waals surface area contributed by atoms with Crippen molar-refractivity contribution >= 4 is 17.7 Å². The van der Waals surface area contributed by atoms with E-state index in [-0.39, 0.29) is 23.6 Å². The summed E-state index contributed by atoms with van der Waals surface area (Å²) in [7, 11) is 0. The van der Waals surface area contributed by atoms with Gasteiger partial charge in [-0.25, -0.2) is 0 Å². The number of carbonyl (C=O) groups excluding carboxylic acids is 3. The van der Waals surface area contributed by atoms with Gasteiger partial charge in [0.05, 0.1) is 0 Å². The van der Waals surface area contributed by atoms with Crippen molar-refractivity contribution in [2.24, 2.45) is 5.92 Å². The van der Waals surface area contributed by atoms with E-state index >= 15 is 0 Å². The average Bonchev–Trinajstić information content (AvgIpc) is 2.87. The maximum atomic E-state index is 13.6. The number of benzene rings is 2. The fraction of sp³-hybridized carbons (Fsp3) is 0.464. The Morgan fingerprint density at radius 2 is 1.32 bits per heavy atom. The van der Waals surface area contributed by atoms with E-state index in [0.717, 1.165) is 49.0 Å². The Labute approximate surface area is 202 Å². The van der Waals surface area contributed by atoms with E-state index in [9.17, 15) is 14.4 Å². The molecule has 0 spiro atoms. The first-order chi connectivity index (χ1) is 16.5. The SMILES string of the molecule is Cc1ccccc1C(=O)N[C@@H](C(=O)N1CCCCC1)C1CCN(C(=O)c2ccccc2C)CC1. The van der Waals surface area contributed by atoms with E-state index in [1.54, 1.807) is 6.07 Å². The first-order valence-corrected chi connectivity index (χ1v) is 12.5. The number of likely N-dealkylation sites (tertiary alicyclic amines) is 2. The second kappa shape index (κ2) is 10.9. The van der Waals surface area contributed by atoms with Crippen LogP contribution in [0.4, 0.5) is 0 Å². The minimum atomic E-state index is -0.569. The van der Waals surface area contributed by atoms with Gasteiger partial charge in [-0.3, -0.25) is 14.4 Å². The lowest BCUT2D eigenvalue weighted by Crippen LogP contribution is -2.55. The summed E-state index contributed by atoms with van der Waals surface area (Å²) >= 11 is 0. The third-order valence-electron chi connectivity index (χ3n) is 7.28. The number of amides is 3. The van der Waals surface area contributed by atoms with Gasteiger partial charge in [-0.1, -0.05) is 36.4 Å². The molecule has 2 saturated heterocycles. The van der Waals surface area contributed by atoms with Crippen LogP contribution in [0, 0.1) is 19.8 Å². The van der Waals surface area contributed by atoms with Crippen LogP contribution < -0.4 is 5.32 Å². The second-order valence-corrected chi connectivity index (χ2v) is 9.60. The molecular formula is C28H35N3O3. The predicted octanol–water partition coefficient (Wildman–Crippen LogP) is 3.97. The molecule has 3 amide bonds. The standard InChI is InChI=1S/C28H35N3O3/c1-20-10-4-6-12-23(20)26(32)29-25(28(34)30-16-8-3-9-17-30)22-14-18-31(19-15-22)27(33)24-13-7-5-11-21(24)2/h4-7,10-13,22,25H,3,8-9,14-19H2,1-2H3,(H,29,32)/t25-/m1/s1. The van der Waals surface area contributed by atoms with Crippen LogP contribution in [0.3, 0.4) is 0 Å². The molecule has 0 unspecified atom stereocenters. The second-order valence-electron chi connectivity index (χ2n) is 9.60. The van der Waals surface area contributed by atoms with E-state index < -0.39 is 6.04 Å². The molecule has 0 saturated carbocycles. The van der Waals surface area contributed by atoms with Gasteiger partial charge in [0, 0.05) is 37.3 Å². The Hall–Kier alpha value is -3.15. The fourth-order valence-corrected chi connectivity index (χ4v) is 5.16. The van der Waals surface area contributed by atoms with Crippen LogP contribution in [-0.2, 0) is 4.79 Å². The summed E-state index contributed by atoms with van der Waals surface area (Å²) in [6.07, 6.45) is 4.54. The highest BCUT2D eigenvalue weighted by Gasteiger charge is 2.36. The quantitative estimate of drug-likeness (QED) is 0.733. The van der Waals surface area contributed by atoms with Crippen LogP contribution in [0.1, 0.15) is 63.9 Å². The first kappa shape index (κ1) is 24.0. The normalized spacial score (nSPS) is 17.8. The third-order valence-corrected chi connectivity index (χ3v) is 7.28. The summed E-state index contributed by atoms with van der Waals surface area (Å²) in [4.78, 5) is 43.6. The van der Waals surface area contributed by atoms with Crippen LogP contribution in [0.2, 0.25) is 0 Å². The van der Waals surface area contributed by atoms with Crippen molar-refractivity contribution in [3.63, 3.8) is 0 Å². The number of rotatable bonds is 5. The van der Waals surface area contributed by atoms with Gasteiger partial charge in [-0.2, -0.15) is 0 Å². The molecule has 1 atom stereocenters. The lowest BCUT2D eigenvalue weighted by Gasteiger charge is -2.38. The van der Waals surface area contributed by atoms with E-state index in [0.29, 0.717) is 31.5 Å². The summed E-state index contributed by atoms with van der Waals surface area (Å²) in [5.74, 6) is -0.139. The molecule has 34 heavy (non-hydrogen) atoms. The first-order valence-electron chi connectivity index (χ1n) is 12.5. The lowest BCUT2D eigenvalue weighted by molar-refractivity contribution is -0.136. The largest absolute Gasteiger partial charge is 0.341 e. The van der Waals surface area contributed by atoms with E-state index in [4.69, 9.17) is 0 Å². The van der Waals surface area contributed by atoms with Gasteiger partial charge in [-0.15, -0.1) is 0 Å². The van der Waals surface area contributed by atoms with Gasteiger partial charge in [0.2, 0.25) is 5.91 Å². The number of hydrogen-bond donors (Lipinski definition) is 1. The Kier molecular flexibility index (Phi) is 7.66. The number of carbonyl (C=O) groups is 3. The molecule has 4 rings (SSSR count). The van der Waals surface area contributed by atoms with Crippen LogP contribution in [0.5, 0.6) is 0 Å². The van der Waals surface area contributed by atoms with Crippen LogP contribution in [0.15, 0.2) is 48.5 Å². The fourth-order valence-electron chi connectivity index (χ4n) is 5.16. The van der Waals surface area contributed by atoms with E-state index in [1.807, 2.05) is 66.1 Å². The van der Waals surface area contributed by atoms with E-state index in [1.165, 1.54) is 0 Å². The monoisotopic (exact) mass is 461 g/mol. The summed E-state index contributed by atoms with van der Waals surface area (Å²) in [6.45, 7) is 6.53. The molecule has 2 fully saturated rings. The Bertz CT molecular complexity index is 1040. The molecule has 2 aromatic rings. The molecule has 2 heterocycles. The molecule has 6 nitrogen and oxygen atoms in total. The zero-order chi connectivity index (χ0) is 24.1.